The van der Waals surface area contributed by atoms with Gasteiger partial charge in [-0.2, -0.15) is 0 Å². The molecule has 1 aromatic rings. The van der Waals surface area contributed by atoms with Crippen molar-refractivity contribution in [2.45, 2.75) is 30.0 Å². The molecule has 16 heavy (non-hydrogen) atoms. The predicted molar refractivity (Wildman–Crippen MR) is 66.0 cm³/mol. The number of hydrogen-bond donors (Lipinski definition) is 1. The molecule has 1 aromatic heterocycles. The smallest absolute Gasteiger partial charge is 0.223 e. The van der Waals surface area contributed by atoms with Crippen molar-refractivity contribution in [3.63, 3.8) is 0 Å². The summed E-state index contributed by atoms with van der Waals surface area (Å²) in [6.45, 7) is 3.75. The van der Waals surface area contributed by atoms with Gasteiger partial charge in [0.05, 0.1) is 0 Å². The maximum atomic E-state index is 5.35. The molecule has 0 spiro atoms. The van der Waals surface area contributed by atoms with Gasteiger partial charge in [-0.15, -0.1) is 11.8 Å². The van der Waals surface area contributed by atoms with E-state index in [1.54, 1.807) is 0 Å². The Bertz CT molecular complexity index is 353. The van der Waals surface area contributed by atoms with E-state index in [0.717, 1.165) is 36.8 Å². The van der Waals surface area contributed by atoms with E-state index in [4.69, 9.17) is 4.74 Å². The fourth-order valence-electron chi connectivity index (χ4n) is 1.68. The highest BCUT2D eigenvalue weighted by Crippen LogP contribution is 2.29. The van der Waals surface area contributed by atoms with E-state index in [1.165, 1.54) is 0 Å². The molecule has 0 radical (unpaired) electrons. The Kier molecular flexibility index (Phi) is 4.01. The summed E-state index contributed by atoms with van der Waals surface area (Å²) in [5, 5.41) is 4.68. The third-order valence-electron chi connectivity index (χ3n) is 2.51. The number of aryl methyl sites for hydroxylation is 1. The molecule has 1 saturated heterocycles. The van der Waals surface area contributed by atoms with Crippen LogP contribution in [0.25, 0.3) is 0 Å². The molecule has 0 saturated carbocycles. The van der Waals surface area contributed by atoms with E-state index in [0.29, 0.717) is 11.2 Å². The second kappa shape index (κ2) is 5.50. The standard InChI is InChI=1S/C11H17N3OS/c1-8-7-10(14-11(12-2)13-8)16-9-3-5-15-6-4-9/h7,9H,3-6H2,1-2H3,(H,12,13,14). The van der Waals surface area contributed by atoms with Crippen LogP contribution in [0.3, 0.4) is 0 Å². The second-order valence-corrected chi connectivity index (χ2v) is 5.17. The van der Waals surface area contributed by atoms with Gasteiger partial charge in [0.15, 0.2) is 0 Å². The van der Waals surface area contributed by atoms with Crippen molar-refractivity contribution in [2.75, 3.05) is 25.6 Å². The molecule has 2 rings (SSSR count). The number of nitrogens with zero attached hydrogens (tertiary/aromatic N) is 2. The molecule has 4 nitrogen and oxygen atoms in total. The van der Waals surface area contributed by atoms with Crippen LogP contribution in [0.5, 0.6) is 0 Å². The minimum absolute atomic E-state index is 0.632. The highest BCUT2D eigenvalue weighted by Gasteiger charge is 2.16. The lowest BCUT2D eigenvalue weighted by atomic mass is 10.2. The lowest BCUT2D eigenvalue weighted by Crippen LogP contribution is -2.17. The van der Waals surface area contributed by atoms with E-state index >= 15 is 0 Å². The fraction of sp³-hybridized carbons (Fsp3) is 0.636. The summed E-state index contributed by atoms with van der Waals surface area (Å²) in [5.41, 5.74) is 1.01. The first-order chi connectivity index (χ1) is 7.78. The van der Waals surface area contributed by atoms with E-state index in [1.807, 2.05) is 31.8 Å². The average molecular weight is 239 g/mol. The zero-order valence-corrected chi connectivity index (χ0v) is 10.5. The molecule has 5 heteroatoms. The Hall–Kier alpha value is -0.810. The lowest BCUT2D eigenvalue weighted by molar-refractivity contribution is 0.1000. The third kappa shape index (κ3) is 3.09. The number of aromatic nitrogens is 2. The fourth-order valence-corrected chi connectivity index (χ4v) is 2.82. The summed E-state index contributed by atoms with van der Waals surface area (Å²) in [6.07, 6.45) is 2.23. The molecule has 0 aromatic carbocycles. The van der Waals surface area contributed by atoms with E-state index in [9.17, 15) is 0 Å². The van der Waals surface area contributed by atoms with Crippen LogP contribution in [0.4, 0.5) is 5.95 Å². The minimum Gasteiger partial charge on any atom is -0.381 e. The lowest BCUT2D eigenvalue weighted by Gasteiger charge is -2.21. The molecule has 1 N–H and O–H groups in total. The summed E-state index contributed by atoms with van der Waals surface area (Å²) in [7, 11) is 1.84. The predicted octanol–water partition coefficient (Wildman–Crippen LogP) is 2.10. The van der Waals surface area contributed by atoms with Crippen LogP contribution in [0.15, 0.2) is 11.1 Å². The summed E-state index contributed by atoms with van der Waals surface area (Å²) in [5.74, 6) is 0.703. The molecule has 0 bridgehead atoms. The van der Waals surface area contributed by atoms with Gasteiger partial charge in [-0.25, -0.2) is 9.97 Å². The summed E-state index contributed by atoms with van der Waals surface area (Å²) in [4.78, 5) is 8.73. The van der Waals surface area contributed by atoms with Crippen molar-refractivity contribution in [3.8, 4) is 0 Å². The van der Waals surface area contributed by atoms with E-state index < -0.39 is 0 Å². The van der Waals surface area contributed by atoms with Gasteiger partial charge >= 0.3 is 0 Å². The second-order valence-electron chi connectivity index (χ2n) is 3.85. The summed E-state index contributed by atoms with van der Waals surface area (Å²) < 4.78 is 5.35. The molecule has 88 valence electrons. The van der Waals surface area contributed by atoms with E-state index in [-0.39, 0.29) is 0 Å². The molecular formula is C11H17N3OS. The van der Waals surface area contributed by atoms with Crippen LogP contribution >= 0.6 is 11.8 Å². The molecule has 1 aliphatic rings. The quantitative estimate of drug-likeness (QED) is 0.818. The van der Waals surface area contributed by atoms with Gasteiger partial charge in [-0.05, 0) is 25.8 Å². The largest absolute Gasteiger partial charge is 0.381 e. The highest BCUT2D eigenvalue weighted by molar-refractivity contribution is 7.99. The molecule has 1 fully saturated rings. The maximum Gasteiger partial charge on any atom is 0.223 e. The van der Waals surface area contributed by atoms with Gasteiger partial charge < -0.3 is 10.1 Å². The molecule has 0 amide bonds. The zero-order valence-electron chi connectivity index (χ0n) is 9.69. The molecule has 0 aliphatic carbocycles. The summed E-state index contributed by atoms with van der Waals surface area (Å²) >= 11 is 1.84. The molecular weight excluding hydrogens is 222 g/mol. The van der Waals surface area contributed by atoms with Gasteiger partial charge in [-0.3, -0.25) is 0 Å². The Labute approximate surface area is 100 Å². The number of ether oxygens (including phenoxy) is 1. The van der Waals surface area contributed by atoms with Gasteiger partial charge in [0, 0.05) is 31.2 Å². The Balaban J connectivity index is 2.04. The van der Waals surface area contributed by atoms with Crippen molar-refractivity contribution in [1.82, 2.24) is 9.97 Å². The number of thioether (sulfide) groups is 1. The van der Waals surface area contributed by atoms with Crippen LogP contribution in [-0.4, -0.2) is 35.5 Å². The highest BCUT2D eigenvalue weighted by atomic mass is 32.2. The maximum absolute atomic E-state index is 5.35. The van der Waals surface area contributed by atoms with Crippen molar-refractivity contribution in [2.24, 2.45) is 0 Å². The Morgan fingerprint density at radius 1 is 1.38 bits per heavy atom. The van der Waals surface area contributed by atoms with Crippen LogP contribution < -0.4 is 5.32 Å². The van der Waals surface area contributed by atoms with Crippen LogP contribution in [0, 0.1) is 6.92 Å². The van der Waals surface area contributed by atoms with Gasteiger partial charge in [0.2, 0.25) is 5.95 Å². The van der Waals surface area contributed by atoms with Crippen LogP contribution in [-0.2, 0) is 4.74 Å². The average Bonchev–Trinajstić information content (AvgIpc) is 2.29. The summed E-state index contributed by atoms with van der Waals surface area (Å²) in [6, 6.07) is 2.04. The van der Waals surface area contributed by atoms with Crippen molar-refractivity contribution in [1.29, 1.82) is 0 Å². The first-order valence-electron chi connectivity index (χ1n) is 5.56. The Morgan fingerprint density at radius 2 is 2.12 bits per heavy atom. The number of hydrogen-bond acceptors (Lipinski definition) is 5. The van der Waals surface area contributed by atoms with Crippen molar-refractivity contribution < 1.29 is 4.74 Å². The van der Waals surface area contributed by atoms with Crippen LogP contribution in [0.1, 0.15) is 18.5 Å². The number of rotatable bonds is 3. The Morgan fingerprint density at radius 3 is 2.81 bits per heavy atom. The first-order valence-corrected chi connectivity index (χ1v) is 6.44. The molecule has 0 unspecified atom stereocenters. The minimum atomic E-state index is 0.632. The SMILES string of the molecule is CNc1nc(C)cc(SC2CCOCC2)n1. The van der Waals surface area contributed by atoms with Gasteiger partial charge in [0.1, 0.15) is 5.03 Å². The van der Waals surface area contributed by atoms with Gasteiger partial charge in [0.25, 0.3) is 0 Å². The van der Waals surface area contributed by atoms with Crippen molar-refractivity contribution >= 4 is 17.7 Å². The van der Waals surface area contributed by atoms with Crippen molar-refractivity contribution in [3.05, 3.63) is 11.8 Å². The number of nitrogens with one attached hydrogen (secondary N) is 1. The molecule has 0 atom stereocenters. The third-order valence-corrected chi connectivity index (χ3v) is 3.77. The molecule has 1 aliphatic heterocycles. The normalized spacial score (nSPS) is 17.4. The van der Waals surface area contributed by atoms with Gasteiger partial charge in [-0.1, -0.05) is 0 Å². The van der Waals surface area contributed by atoms with E-state index in [2.05, 4.69) is 15.3 Å². The molecule has 2 heterocycles. The monoisotopic (exact) mass is 239 g/mol. The number of anilines is 1. The first kappa shape index (κ1) is 11.7. The van der Waals surface area contributed by atoms with Crippen LogP contribution in [0.2, 0.25) is 0 Å². The zero-order chi connectivity index (χ0) is 11.4. The topological polar surface area (TPSA) is 47.0 Å².